The molecule has 0 saturated carbocycles. The lowest BCUT2D eigenvalue weighted by atomic mass is 9.79. The van der Waals surface area contributed by atoms with Crippen LogP contribution in [-0.2, 0) is 4.74 Å². The van der Waals surface area contributed by atoms with E-state index < -0.39 is 0 Å². The molecule has 0 bridgehead atoms. The van der Waals surface area contributed by atoms with Crippen molar-refractivity contribution < 1.29 is 9.47 Å². The molecule has 26 heavy (non-hydrogen) atoms. The predicted octanol–water partition coefficient (Wildman–Crippen LogP) is 2.00. The molecule has 1 unspecified atom stereocenters. The molecular weight excluding hydrogens is 330 g/mol. The SMILES string of the molecule is CN(C)c1cc(N2CC3(C2)OCCC3CCOc2ccccn2)ncn1. The second-order valence-corrected chi connectivity index (χ2v) is 7.19. The largest absolute Gasteiger partial charge is 0.478 e. The van der Waals surface area contributed by atoms with Gasteiger partial charge in [0.15, 0.2) is 0 Å². The Balaban J connectivity index is 1.34. The van der Waals surface area contributed by atoms with E-state index >= 15 is 0 Å². The van der Waals surface area contributed by atoms with Crippen LogP contribution in [0.4, 0.5) is 11.6 Å². The molecule has 7 heteroatoms. The van der Waals surface area contributed by atoms with E-state index in [2.05, 4.69) is 19.9 Å². The maximum Gasteiger partial charge on any atom is 0.213 e. The normalized spacial score (nSPS) is 20.8. The summed E-state index contributed by atoms with van der Waals surface area (Å²) in [4.78, 5) is 17.2. The van der Waals surface area contributed by atoms with Crippen LogP contribution >= 0.6 is 0 Å². The molecule has 0 N–H and O–H groups in total. The molecule has 0 aromatic carbocycles. The summed E-state index contributed by atoms with van der Waals surface area (Å²) >= 11 is 0. The first-order valence-electron chi connectivity index (χ1n) is 9.08. The summed E-state index contributed by atoms with van der Waals surface area (Å²) in [5.41, 5.74) is -0.0588. The lowest BCUT2D eigenvalue weighted by Gasteiger charge is -2.50. The van der Waals surface area contributed by atoms with Crippen molar-refractivity contribution in [2.24, 2.45) is 5.92 Å². The fraction of sp³-hybridized carbons (Fsp3) is 0.526. The third-order valence-corrected chi connectivity index (χ3v) is 5.29. The quantitative estimate of drug-likeness (QED) is 0.785. The minimum Gasteiger partial charge on any atom is -0.478 e. The highest BCUT2D eigenvalue weighted by atomic mass is 16.5. The molecule has 1 spiro atoms. The lowest BCUT2D eigenvalue weighted by molar-refractivity contribution is -0.0478. The third kappa shape index (κ3) is 3.31. The Kier molecular flexibility index (Phi) is 4.63. The van der Waals surface area contributed by atoms with Crippen molar-refractivity contribution in [2.45, 2.75) is 18.4 Å². The Hall–Kier alpha value is -2.41. The van der Waals surface area contributed by atoms with Gasteiger partial charge in [-0.3, -0.25) is 0 Å². The van der Waals surface area contributed by atoms with Crippen molar-refractivity contribution in [3.8, 4) is 5.88 Å². The van der Waals surface area contributed by atoms with Gasteiger partial charge in [0.2, 0.25) is 5.88 Å². The highest BCUT2D eigenvalue weighted by Crippen LogP contribution is 2.43. The van der Waals surface area contributed by atoms with Crippen molar-refractivity contribution in [3.05, 3.63) is 36.8 Å². The number of hydrogen-bond acceptors (Lipinski definition) is 7. The molecule has 0 amide bonds. The van der Waals surface area contributed by atoms with Crippen LogP contribution in [0.1, 0.15) is 12.8 Å². The molecule has 2 aromatic heterocycles. The van der Waals surface area contributed by atoms with Gasteiger partial charge in [-0.2, -0.15) is 0 Å². The van der Waals surface area contributed by atoms with E-state index in [1.54, 1.807) is 12.5 Å². The van der Waals surface area contributed by atoms with E-state index in [9.17, 15) is 0 Å². The molecule has 0 radical (unpaired) electrons. The van der Waals surface area contributed by atoms with Crippen LogP contribution in [0.5, 0.6) is 5.88 Å². The Morgan fingerprint density at radius 1 is 1.27 bits per heavy atom. The van der Waals surface area contributed by atoms with Crippen molar-refractivity contribution in [1.29, 1.82) is 0 Å². The van der Waals surface area contributed by atoms with E-state index in [0.29, 0.717) is 18.4 Å². The summed E-state index contributed by atoms with van der Waals surface area (Å²) in [6.07, 6.45) is 5.45. The Bertz CT molecular complexity index is 734. The first kappa shape index (κ1) is 17.0. The van der Waals surface area contributed by atoms with Crippen LogP contribution in [0.25, 0.3) is 0 Å². The Morgan fingerprint density at radius 3 is 2.92 bits per heavy atom. The van der Waals surface area contributed by atoms with Crippen LogP contribution in [0.2, 0.25) is 0 Å². The summed E-state index contributed by atoms with van der Waals surface area (Å²) in [6.45, 7) is 3.26. The maximum atomic E-state index is 6.15. The van der Waals surface area contributed by atoms with Gasteiger partial charge in [-0.05, 0) is 24.8 Å². The van der Waals surface area contributed by atoms with Crippen LogP contribution in [0, 0.1) is 5.92 Å². The van der Waals surface area contributed by atoms with Gasteiger partial charge >= 0.3 is 0 Å². The standard InChI is InChI=1S/C19H25N5O2/c1-23(2)16-11-17(22-14-21-16)24-12-19(13-24)15(7-10-26-19)6-9-25-18-5-3-4-8-20-18/h3-5,8,11,14-15H,6-7,9-10,12-13H2,1-2H3. The second-order valence-electron chi connectivity index (χ2n) is 7.19. The van der Waals surface area contributed by atoms with E-state index in [1.807, 2.05) is 43.3 Å². The number of rotatable bonds is 6. The summed E-state index contributed by atoms with van der Waals surface area (Å²) < 4.78 is 11.9. The number of ether oxygens (including phenoxy) is 2. The minimum absolute atomic E-state index is 0.0588. The monoisotopic (exact) mass is 355 g/mol. The summed E-state index contributed by atoms with van der Waals surface area (Å²) in [6, 6.07) is 7.75. The van der Waals surface area contributed by atoms with Crippen LogP contribution < -0.4 is 14.5 Å². The molecule has 4 rings (SSSR count). The molecule has 0 aliphatic carbocycles. The zero-order valence-electron chi connectivity index (χ0n) is 15.3. The molecule has 2 aliphatic rings. The van der Waals surface area contributed by atoms with E-state index in [-0.39, 0.29) is 5.60 Å². The van der Waals surface area contributed by atoms with Gasteiger partial charge in [-0.25, -0.2) is 15.0 Å². The summed E-state index contributed by atoms with van der Waals surface area (Å²) in [5, 5.41) is 0. The molecule has 7 nitrogen and oxygen atoms in total. The Labute approximate surface area is 154 Å². The van der Waals surface area contributed by atoms with Crippen molar-refractivity contribution in [1.82, 2.24) is 15.0 Å². The molecule has 138 valence electrons. The van der Waals surface area contributed by atoms with Crippen molar-refractivity contribution in [3.63, 3.8) is 0 Å². The second kappa shape index (κ2) is 7.07. The van der Waals surface area contributed by atoms with Gasteiger partial charge in [-0.1, -0.05) is 6.07 Å². The molecule has 2 aliphatic heterocycles. The first-order valence-corrected chi connectivity index (χ1v) is 9.08. The smallest absolute Gasteiger partial charge is 0.213 e. The maximum absolute atomic E-state index is 6.15. The average molecular weight is 355 g/mol. The van der Waals surface area contributed by atoms with E-state index in [1.165, 1.54) is 0 Å². The molecule has 2 saturated heterocycles. The highest BCUT2D eigenvalue weighted by Gasteiger charge is 2.53. The van der Waals surface area contributed by atoms with Gasteiger partial charge in [-0.15, -0.1) is 0 Å². The molecule has 1 atom stereocenters. The zero-order chi connectivity index (χ0) is 18.0. The van der Waals surface area contributed by atoms with E-state index in [4.69, 9.17) is 9.47 Å². The topological polar surface area (TPSA) is 63.6 Å². The van der Waals surface area contributed by atoms with E-state index in [0.717, 1.165) is 44.2 Å². The fourth-order valence-electron chi connectivity index (χ4n) is 3.80. The number of pyridine rings is 1. The van der Waals surface area contributed by atoms with Gasteiger partial charge in [0.25, 0.3) is 0 Å². The molecular formula is C19H25N5O2. The third-order valence-electron chi connectivity index (χ3n) is 5.29. The lowest BCUT2D eigenvalue weighted by Crippen LogP contribution is -2.65. The minimum atomic E-state index is -0.0588. The molecule has 2 fully saturated rings. The van der Waals surface area contributed by atoms with Gasteiger partial charge in [0.05, 0.1) is 19.7 Å². The number of nitrogens with zero attached hydrogens (tertiary/aromatic N) is 5. The van der Waals surface area contributed by atoms with Crippen LogP contribution in [0.15, 0.2) is 36.8 Å². The fourth-order valence-corrected chi connectivity index (χ4v) is 3.80. The van der Waals surface area contributed by atoms with Crippen LogP contribution in [-0.4, -0.2) is 61.0 Å². The zero-order valence-corrected chi connectivity index (χ0v) is 15.3. The summed E-state index contributed by atoms with van der Waals surface area (Å²) in [7, 11) is 3.98. The molecule has 4 heterocycles. The van der Waals surface area contributed by atoms with Crippen LogP contribution in [0.3, 0.4) is 0 Å². The predicted molar refractivity (Wildman–Crippen MR) is 99.7 cm³/mol. The van der Waals surface area contributed by atoms with Gasteiger partial charge in [0.1, 0.15) is 23.6 Å². The highest BCUT2D eigenvalue weighted by molar-refractivity contribution is 5.52. The van der Waals surface area contributed by atoms with Gasteiger partial charge < -0.3 is 19.3 Å². The summed E-state index contributed by atoms with van der Waals surface area (Å²) in [5.74, 6) is 3.09. The number of hydrogen-bond donors (Lipinski definition) is 0. The average Bonchev–Trinajstić information content (AvgIpc) is 3.05. The van der Waals surface area contributed by atoms with Crippen molar-refractivity contribution >= 4 is 11.6 Å². The first-order chi connectivity index (χ1) is 12.7. The Morgan fingerprint density at radius 2 is 2.15 bits per heavy atom. The van der Waals surface area contributed by atoms with Crippen molar-refractivity contribution in [2.75, 3.05) is 50.2 Å². The van der Waals surface area contributed by atoms with Gasteiger partial charge in [0, 0.05) is 39.0 Å². The number of anilines is 2. The molecule has 2 aromatic rings. The number of aromatic nitrogens is 3.